The Morgan fingerprint density at radius 1 is 0.889 bits per heavy atom. The number of benzene rings is 3. The third-order valence-electron chi connectivity index (χ3n) is 6.37. The number of methoxy groups -OCH3 is 2. The van der Waals surface area contributed by atoms with Crippen molar-refractivity contribution in [2.45, 2.75) is 31.2 Å². The lowest BCUT2D eigenvalue weighted by Gasteiger charge is -2.31. The van der Waals surface area contributed by atoms with Crippen LogP contribution in [0.15, 0.2) is 66.7 Å². The number of amides is 2. The number of ether oxygens (including phenoxy) is 3. The average Bonchev–Trinajstić information content (AvgIpc) is 3.37. The summed E-state index contributed by atoms with van der Waals surface area (Å²) in [6.45, 7) is -0.256. The second-order valence-corrected chi connectivity index (χ2v) is 8.65. The molecule has 4 rings (SSSR count). The van der Waals surface area contributed by atoms with Gasteiger partial charge in [-0.1, -0.05) is 37.1 Å². The van der Waals surface area contributed by atoms with Gasteiger partial charge in [0.25, 0.3) is 11.8 Å². The molecule has 0 bridgehead atoms. The van der Waals surface area contributed by atoms with Gasteiger partial charge < -0.3 is 24.8 Å². The number of rotatable bonds is 9. The molecule has 3 aromatic carbocycles. The van der Waals surface area contributed by atoms with Gasteiger partial charge in [0, 0.05) is 5.56 Å². The number of hydrogen-bond acceptors (Lipinski definition) is 5. The predicted molar refractivity (Wildman–Crippen MR) is 134 cm³/mol. The van der Waals surface area contributed by atoms with E-state index in [2.05, 4.69) is 10.6 Å². The second kappa shape index (κ2) is 11.1. The van der Waals surface area contributed by atoms with Crippen LogP contribution in [0.5, 0.6) is 17.2 Å². The first-order chi connectivity index (χ1) is 17.4. The van der Waals surface area contributed by atoms with Crippen molar-refractivity contribution in [1.29, 1.82) is 0 Å². The molecule has 0 spiro atoms. The van der Waals surface area contributed by atoms with Crippen molar-refractivity contribution < 1.29 is 28.2 Å². The molecule has 1 saturated carbocycles. The lowest BCUT2D eigenvalue weighted by molar-refractivity contribution is -0.118. The normalized spacial score (nSPS) is 14.1. The monoisotopic (exact) mass is 492 g/mol. The van der Waals surface area contributed by atoms with E-state index in [1.54, 1.807) is 48.5 Å². The fourth-order valence-corrected chi connectivity index (χ4v) is 4.53. The SMILES string of the molecule is COc1ccccc1NC(=O)COc1ccc(C(=O)NC2(c3ccc(F)cc3)CCCC2)cc1OC. The molecule has 1 aliphatic rings. The number of nitrogens with one attached hydrogen (secondary N) is 2. The van der Waals surface area contributed by atoms with Crippen molar-refractivity contribution in [1.82, 2.24) is 5.32 Å². The third-order valence-corrected chi connectivity index (χ3v) is 6.37. The minimum absolute atomic E-state index is 0.256. The Balaban J connectivity index is 1.44. The number of hydrogen-bond donors (Lipinski definition) is 2. The van der Waals surface area contributed by atoms with Crippen LogP contribution in [0.2, 0.25) is 0 Å². The van der Waals surface area contributed by atoms with Crippen LogP contribution in [-0.4, -0.2) is 32.6 Å². The molecule has 0 unspecified atom stereocenters. The van der Waals surface area contributed by atoms with Crippen molar-refractivity contribution in [2.75, 3.05) is 26.1 Å². The van der Waals surface area contributed by atoms with Gasteiger partial charge in [-0.3, -0.25) is 9.59 Å². The summed E-state index contributed by atoms with van der Waals surface area (Å²) >= 11 is 0. The van der Waals surface area contributed by atoms with Gasteiger partial charge in [-0.2, -0.15) is 0 Å². The molecule has 0 saturated heterocycles. The zero-order valence-electron chi connectivity index (χ0n) is 20.3. The van der Waals surface area contributed by atoms with E-state index in [-0.39, 0.29) is 24.2 Å². The summed E-state index contributed by atoms with van der Waals surface area (Å²) in [7, 11) is 2.99. The third kappa shape index (κ3) is 5.59. The van der Waals surface area contributed by atoms with E-state index in [0.29, 0.717) is 28.5 Å². The number of carbonyl (C=O) groups excluding carboxylic acids is 2. The molecule has 1 fully saturated rings. The van der Waals surface area contributed by atoms with Crippen LogP contribution in [0.3, 0.4) is 0 Å². The number of para-hydroxylation sites is 2. The molecule has 3 aromatic rings. The predicted octanol–water partition coefficient (Wildman–Crippen LogP) is 5.06. The highest BCUT2D eigenvalue weighted by Gasteiger charge is 2.37. The van der Waals surface area contributed by atoms with Crippen molar-refractivity contribution in [3.8, 4) is 17.2 Å². The zero-order chi connectivity index (χ0) is 25.5. The minimum atomic E-state index is -0.538. The van der Waals surface area contributed by atoms with Crippen molar-refractivity contribution in [2.24, 2.45) is 0 Å². The topological polar surface area (TPSA) is 85.9 Å². The summed E-state index contributed by atoms with van der Waals surface area (Å²) in [6.07, 6.45) is 3.52. The van der Waals surface area contributed by atoms with Gasteiger partial charge in [-0.05, 0) is 60.9 Å². The maximum atomic E-state index is 13.5. The molecule has 188 valence electrons. The summed E-state index contributed by atoms with van der Waals surface area (Å²) < 4.78 is 29.8. The molecule has 7 nitrogen and oxygen atoms in total. The van der Waals surface area contributed by atoms with Crippen LogP contribution >= 0.6 is 0 Å². The number of anilines is 1. The first-order valence-electron chi connectivity index (χ1n) is 11.8. The molecule has 8 heteroatoms. The second-order valence-electron chi connectivity index (χ2n) is 8.65. The smallest absolute Gasteiger partial charge is 0.262 e. The Morgan fingerprint density at radius 2 is 1.58 bits per heavy atom. The average molecular weight is 493 g/mol. The largest absolute Gasteiger partial charge is 0.495 e. The maximum absolute atomic E-state index is 13.5. The molecular weight excluding hydrogens is 463 g/mol. The van der Waals surface area contributed by atoms with Crippen LogP contribution in [0.1, 0.15) is 41.6 Å². The fraction of sp³-hybridized carbons (Fsp3) is 0.286. The summed E-state index contributed by atoms with van der Waals surface area (Å²) in [6, 6.07) is 18.2. The Hall–Kier alpha value is -4.07. The fourth-order valence-electron chi connectivity index (χ4n) is 4.53. The molecule has 0 radical (unpaired) electrons. The summed E-state index contributed by atoms with van der Waals surface area (Å²) in [4.78, 5) is 25.6. The van der Waals surface area contributed by atoms with Crippen LogP contribution in [0.4, 0.5) is 10.1 Å². The Kier molecular flexibility index (Phi) is 7.73. The van der Waals surface area contributed by atoms with Crippen LogP contribution in [0, 0.1) is 5.82 Å². The summed E-state index contributed by atoms with van der Waals surface area (Å²) in [5.74, 6) is 0.258. The maximum Gasteiger partial charge on any atom is 0.262 e. The Labute approximate surface area is 209 Å². The lowest BCUT2D eigenvalue weighted by Crippen LogP contribution is -2.43. The van der Waals surface area contributed by atoms with Crippen molar-refractivity contribution in [3.05, 3.63) is 83.7 Å². The molecule has 2 N–H and O–H groups in total. The van der Waals surface area contributed by atoms with E-state index in [1.807, 2.05) is 6.07 Å². The summed E-state index contributed by atoms with van der Waals surface area (Å²) in [5.41, 5.74) is 1.28. The minimum Gasteiger partial charge on any atom is -0.495 e. The zero-order valence-corrected chi connectivity index (χ0v) is 20.3. The van der Waals surface area contributed by atoms with Gasteiger partial charge in [0.05, 0.1) is 25.4 Å². The van der Waals surface area contributed by atoms with Gasteiger partial charge in [-0.15, -0.1) is 0 Å². The van der Waals surface area contributed by atoms with Gasteiger partial charge in [-0.25, -0.2) is 4.39 Å². The van der Waals surface area contributed by atoms with E-state index in [0.717, 1.165) is 31.2 Å². The lowest BCUT2D eigenvalue weighted by atomic mass is 9.87. The van der Waals surface area contributed by atoms with E-state index < -0.39 is 5.54 Å². The molecule has 0 atom stereocenters. The van der Waals surface area contributed by atoms with Gasteiger partial charge in [0.2, 0.25) is 0 Å². The number of carbonyl (C=O) groups is 2. The van der Waals surface area contributed by atoms with E-state index in [9.17, 15) is 14.0 Å². The van der Waals surface area contributed by atoms with Crippen molar-refractivity contribution in [3.63, 3.8) is 0 Å². The van der Waals surface area contributed by atoms with Gasteiger partial charge in [0.15, 0.2) is 18.1 Å². The highest BCUT2D eigenvalue weighted by molar-refractivity contribution is 5.96. The molecular formula is C28H29FN2O5. The van der Waals surface area contributed by atoms with Crippen LogP contribution in [-0.2, 0) is 10.3 Å². The molecule has 0 aliphatic heterocycles. The Morgan fingerprint density at radius 3 is 2.28 bits per heavy atom. The molecule has 2 amide bonds. The molecule has 0 heterocycles. The van der Waals surface area contributed by atoms with Gasteiger partial charge in [0.1, 0.15) is 11.6 Å². The first-order valence-corrected chi connectivity index (χ1v) is 11.8. The molecule has 36 heavy (non-hydrogen) atoms. The van der Waals surface area contributed by atoms with Crippen LogP contribution < -0.4 is 24.8 Å². The number of halogens is 1. The standard InChI is InChI=1S/C28H29FN2O5/c1-34-23-8-4-3-7-22(23)30-26(32)18-36-24-14-9-19(17-25(24)35-2)27(33)31-28(15-5-6-16-28)20-10-12-21(29)13-11-20/h3-4,7-14,17H,5-6,15-16,18H2,1-2H3,(H,30,32)(H,31,33). The summed E-state index contributed by atoms with van der Waals surface area (Å²) in [5, 5.41) is 5.91. The quantitative estimate of drug-likeness (QED) is 0.436. The van der Waals surface area contributed by atoms with Crippen LogP contribution in [0.25, 0.3) is 0 Å². The van der Waals surface area contributed by atoms with Gasteiger partial charge >= 0.3 is 0 Å². The van der Waals surface area contributed by atoms with E-state index >= 15 is 0 Å². The highest BCUT2D eigenvalue weighted by Crippen LogP contribution is 2.39. The first kappa shape index (κ1) is 25.0. The van der Waals surface area contributed by atoms with E-state index in [4.69, 9.17) is 14.2 Å². The molecule has 1 aliphatic carbocycles. The molecule has 0 aromatic heterocycles. The Bertz CT molecular complexity index is 1220. The van der Waals surface area contributed by atoms with Crippen molar-refractivity contribution >= 4 is 17.5 Å². The van der Waals surface area contributed by atoms with E-state index in [1.165, 1.54) is 26.4 Å². The highest BCUT2D eigenvalue weighted by atomic mass is 19.1.